The molecule has 0 unspecified atom stereocenters. The molecule has 1 aliphatic carbocycles. The van der Waals surface area contributed by atoms with Gasteiger partial charge in [-0.1, -0.05) is 36.8 Å². The zero-order valence-corrected chi connectivity index (χ0v) is 22.9. The van der Waals surface area contributed by atoms with Gasteiger partial charge in [0.25, 0.3) is 5.91 Å². The number of hydrogen-bond acceptors (Lipinski definition) is 7. The summed E-state index contributed by atoms with van der Waals surface area (Å²) < 4.78 is 16.6. The third kappa shape index (κ3) is 6.42. The lowest BCUT2D eigenvalue weighted by Crippen LogP contribution is -2.21. The predicted octanol–water partition coefficient (Wildman–Crippen LogP) is 6.15. The quantitative estimate of drug-likeness (QED) is 0.234. The first-order chi connectivity index (χ1) is 18.4. The summed E-state index contributed by atoms with van der Waals surface area (Å²) >= 11 is 1.44. The van der Waals surface area contributed by atoms with Crippen LogP contribution in [0.4, 0.5) is 5.00 Å². The van der Waals surface area contributed by atoms with E-state index in [2.05, 4.69) is 5.32 Å². The molecular weight excluding hydrogens is 502 g/mol. The molecule has 38 heavy (non-hydrogen) atoms. The molecule has 0 aliphatic heterocycles. The molecule has 1 heterocycles. The summed E-state index contributed by atoms with van der Waals surface area (Å²) in [7, 11) is 0. The Labute approximate surface area is 227 Å². The van der Waals surface area contributed by atoms with Crippen LogP contribution >= 0.6 is 11.3 Å². The Balaban J connectivity index is 1.46. The van der Waals surface area contributed by atoms with E-state index in [0.29, 0.717) is 40.8 Å². The fourth-order valence-corrected chi connectivity index (χ4v) is 5.66. The van der Waals surface area contributed by atoms with Gasteiger partial charge in [0, 0.05) is 10.4 Å². The number of esters is 1. The van der Waals surface area contributed by atoms with Gasteiger partial charge in [0.05, 0.1) is 24.3 Å². The third-order valence-corrected chi connectivity index (χ3v) is 7.45. The van der Waals surface area contributed by atoms with E-state index in [0.717, 1.165) is 48.1 Å². The van der Waals surface area contributed by atoms with Crippen molar-refractivity contribution in [3.63, 3.8) is 0 Å². The summed E-state index contributed by atoms with van der Waals surface area (Å²) in [6.45, 7) is 6.29. The predicted molar refractivity (Wildman–Crippen MR) is 148 cm³/mol. The summed E-state index contributed by atoms with van der Waals surface area (Å²) in [5.41, 5.74) is 3.48. The van der Waals surface area contributed by atoms with E-state index in [9.17, 15) is 14.4 Å². The molecule has 0 spiro atoms. The molecule has 1 N–H and O–H groups in total. The van der Waals surface area contributed by atoms with Crippen LogP contribution in [0.25, 0.3) is 0 Å². The van der Waals surface area contributed by atoms with Crippen molar-refractivity contribution >= 4 is 34.0 Å². The van der Waals surface area contributed by atoms with E-state index in [4.69, 9.17) is 14.2 Å². The number of carbonyl (C=O) groups excluding carboxylic acids is 3. The number of hydrogen-bond donors (Lipinski definition) is 1. The molecule has 200 valence electrons. The molecule has 1 aromatic heterocycles. The van der Waals surface area contributed by atoms with Crippen LogP contribution in [0.1, 0.15) is 75.4 Å². The summed E-state index contributed by atoms with van der Waals surface area (Å²) in [5.74, 6) is -0.253. The minimum absolute atomic E-state index is 0.106. The number of amides is 1. The van der Waals surface area contributed by atoms with Gasteiger partial charge in [-0.25, -0.2) is 4.79 Å². The largest absolute Gasteiger partial charge is 0.490 e. The molecule has 7 nitrogen and oxygen atoms in total. The van der Waals surface area contributed by atoms with Crippen LogP contribution in [-0.2, 0) is 22.4 Å². The van der Waals surface area contributed by atoms with E-state index < -0.39 is 18.5 Å². The average molecular weight is 536 g/mol. The molecule has 0 fully saturated rings. The van der Waals surface area contributed by atoms with Gasteiger partial charge >= 0.3 is 5.97 Å². The summed E-state index contributed by atoms with van der Waals surface area (Å²) in [6, 6.07) is 12.2. The van der Waals surface area contributed by atoms with Gasteiger partial charge in [-0.2, -0.15) is 0 Å². The second-order valence-electron chi connectivity index (χ2n) is 9.18. The first kappa shape index (κ1) is 27.4. The van der Waals surface area contributed by atoms with Crippen molar-refractivity contribution < 1.29 is 28.6 Å². The second-order valence-corrected chi connectivity index (χ2v) is 10.3. The summed E-state index contributed by atoms with van der Waals surface area (Å²) in [6.07, 6.45) is 4.61. The highest BCUT2D eigenvalue weighted by molar-refractivity contribution is 7.17. The Bertz CT molecular complexity index is 1310. The van der Waals surface area contributed by atoms with Crippen molar-refractivity contribution in [2.24, 2.45) is 0 Å². The Morgan fingerprint density at radius 1 is 0.921 bits per heavy atom. The molecule has 0 radical (unpaired) electrons. The highest BCUT2D eigenvalue weighted by Gasteiger charge is 2.27. The minimum Gasteiger partial charge on any atom is -0.490 e. The van der Waals surface area contributed by atoms with Crippen LogP contribution in [0.2, 0.25) is 0 Å². The monoisotopic (exact) mass is 535 g/mol. The van der Waals surface area contributed by atoms with Crippen molar-refractivity contribution in [3.05, 3.63) is 75.2 Å². The van der Waals surface area contributed by atoms with Crippen LogP contribution < -0.4 is 14.8 Å². The summed E-state index contributed by atoms with van der Waals surface area (Å²) in [5, 5.41) is 3.35. The highest BCUT2D eigenvalue weighted by atomic mass is 32.1. The van der Waals surface area contributed by atoms with Crippen molar-refractivity contribution in [2.75, 3.05) is 25.1 Å². The topological polar surface area (TPSA) is 90.9 Å². The van der Waals surface area contributed by atoms with Gasteiger partial charge in [0.1, 0.15) is 5.00 Å². The van der Waals surface area contributed by atoms with Gasteiger partial charge in [-0.05, 0) is 69.7 Å². The van der Waals surface area contributed by atoms with Gasteiger partial charge in [-0.15, -0.1) is 11.3 Å². The molecule has 0 saturated carbocycles. The number of ether oxygens (including phenoxy) is 3. The van der Waals surface area contributed by atoms with Crippen molar-refractivity contribution in [1.29, 1.82) is 0 Å². The Kier molecular flexibility index (Phi) is 9.18. The molecule has 8 heteroatoms. The molecule has 4 rings (SSSR count). The first-order valence-electron chi connectivity index (χ1n) is 13.0. The average Bonchev–Trinajstić information content (AvgIpc) is 3.28. The van der Waals surface area contributed by atoms with Crippen LogP contribution in [0.3, 0.4) is 0 Å². The molecule has 3 aromatic rings. The molecular formula is C30H33NO6S. The number of aryl methyl sites for hydroxylation is 2. The number of thiophene rings is 1. The van der Waals surface area contributed by atoms with Gasteiger partial charge in [0.2, 0.25) is 0 Å². The van der Waals surface area contributed by atoms with E-state index in [1.54, 1.807) is 18.2 Å². The lowest BCUT2D eigenvalue weighted by molar-refractivity contribution is -0.119. The maximum Gasteiger partial charge on any atom is 0.338 e. The molecule has 1 aliphatic rings. The Morgan fingerprint density at radius 2 is 1.66 bits per heavy atom. The molecule has 0 bridgehead atoms. The molecule has 0 saturated heterocycles. The van der Waals surface area contributed by atoms with Gasteiger partial charge < -0.3 is 19.5 Å². The number of anilines is 1. The maximum absolute atomic E-state index is 13.5. The zero-order chi connectivity index (χ0) is 27.1. The minimum atomic E-state index is -0.649. The van der Waals surface area contributed by atoms with Crippen LogP contribution in [0, 0.1) is 6.92 Å². The number of benzene rings is 2. The standard InChI is InChI=1S/C30H33NO6S/c1-4-16-36-23-15-14-21(17-24(23)35-5-2)30(34)37-18-26(32)31-29-27(22-8-6-7-9-25(22)38-29)28(33)20-12-10-19(3)11-13-20/h10-15,17H,4-9,16,18H2,1-3H3,(H,31,32). The smallest absolute Gasteiger partial charge is 0.338 e. The molecule has 0 atom stereocenters. The number of ketones is 1. The molecule has 1 amide bonds. The lowest BCUT2D eigenvalue weighted by atomic mass is 9.91. The molecule has 2 aromatic carbocycles. The fraction of sp³-hybridized carbons (Fsp3) is 0.367. The fourth-order valence-electron chi connectivity index (χ4n) is 4.36. The number of nitrogens with one attached hydrogen (secondary N) is 1. The van der Waals surface area contributed by atoms with Crippen molar-refractivity contribution in [3.8, 4) is 11.5 Å². The number of rotatable bonds is 11. The van der Waals surface area contributed by atoms with E-state index in [1.165, 1.54) is 11.3 Å². The van der Waals surface area contributed by atoms with Crippen molar-refractivity contribution in [1.82, 2.24) is 0 Å². The van der Waals surface area contributed by atoms with Gasteiger partial charge in [-0.3, -0.25) is 9.59 Å². The highest BCUT2D eigenvalue weighted by Crippen LogP contribution is 2.39. The Morgan fingerprint density at radius 3 is 2.39 bits per heavy atom. The first-order valence-corrected chi connectivity index (χ1v) is 13.8. The Hall–Kier alpha value is -3.65. The van der Waals surface area contributed by atoms with Gasteiger partial charge in [0.15, 0.2) is 23.9 Å². The van der Waals surface area contributed by atoms with E-state index >= 15 is 0 Å². The van der Waals surface area contributed by atoms with E-state index in [1.807, 2.05) is 45.0 Å². The maximum atomic E-state index is 13.5. The second kappa shape index (κ2) is 12.7. The van der Waals surface area contributed by atoms with Crippen LogP contribution in [0.5, 0.6) is 11.5 Å². The van der Waals surface area contributed by atoms with E-state index in [-0.39, 0.29) is 11.3 Å². The SMILES string of the molecule is CCCOc1ccc(C(=O)OCC(=O)Nc2sc3c(c2C(=O)c2ccc(C)cc2)CCCC3)cc1OCC. The zero-order valence-electron chi connectivity index (χ0n) is 22.1. The summed E-state index contributed by atoms with van der Waals surface area (Å²) in [4.78, 5) is 40.1. The number of carbonyl (C=O) groups is 3. The van der Waals surface area contributed by atoms with Crippen LogP contribution in [0.15, 0.2) is 42.5 Å². The lowest BCUT2D eigenvalue weighted by Gasteiger charge is -2.13. The van der Waals surface area contributed by atoms with Crippen LogP contribution in [-0.4, -0.2) is 37.5 Å². The van der Waals surface area contributed by atoms with Crippen molar-refractivity contribution in [2.45, 2.75) is 52.9 Å². The third-order valence-electron chi connectivity index (χ3n) is 6.24. The number of fused-ring (bicyclic) bond motifs is 1. The normalized spacial score (nSPS) is 12.4.